The normalized spacial score (nSPS) is 16.7. The molecule has 0 bridgehead atoms. The molecule has 120 valence electrons. The van der Waals surface area contributed by atoms with E-state index in [1.165, 1.54) is 0 Å². The highest BCUT2D eigenvalue weighted by atomic mass is 16.6. The monoisotopic (exact) mass is 320 g/mol. The number of carbonyl (C=O) groups excluding carboxylic acids is 1. The zero-order valence-electron chi connectivity index (χ0n) is 13.1. The maximum absolute atomic E-state index is 12.4. The lowest BCUT2D eigenvalue weighted by molar-refractivity contribution is -0.125. The van der Waals surface area contributed by atoms with Crippen LogP contribution in [0.3, 0.4) is 0 Å². The second-order valence-corrected chi connectivity index (χ2v) is 5.76. The van der Waals surface area contributed by atoms with Gasteiger partial charge in [0.25, 0.3) is 5.91 Å². The van der Waals surface area contributed by atoms with Crippen molar-refractivity contribution in [3.05, 3.63) is 66.1 Å². The number of hydrogen-bond acceptors (Lipinski definition) is 4. The molecule has 6 nitrogen and oxygen atoms in total. The first-order valence-electron chi connectivity index (χ1n) is 7.73. The van der Waals surface area contributed by atoms with Crippen LogP contribution in [0.5, 0.6) is 0 Å². The van der Waals surface area contributed by atoms with Crippen LogP contribution in [0.15, 0.2) is 60.0 Å². The fourth-order valence-electron chi connectivity index (χ4n) is 2.73. The topological polar surface area (TPSA) is 68.0 Å². The Kier molecular flexibility index (Phi) is 3.49. The molecule has 0 radical (unpaired) electrons. The van der Waals surface area contributed by atoms with Crippen LogP contribution in [0.25, 0.3) is 5.65 Å². The summed E-state index contributed by atoms with van der Waals surface area (Å²) < 4.78 is 1.88. The van der Waals surface area contributed by atoms with Gasteiger partial charge in [0, 0.05) is 18.8 Å². The number of hydrogen-bond donors (Lipinski definition) is 1. The molecule has 3 heterocycles. The largest absolute Gasteiger partial charge is 0.382 e. The highest BCUT2D eigenvalue weighted by molar-refractivity contribution is 6.06. The number of carbonyl (C=O) groups is 1. The number of amides is 1. The third-order valence-electron chi connectivity index (χ3n) is 3.91. The maximum atomic E-state index is 12.4. The van der Waals surface area contributed by atoms with Gasteiger partial charge < -0.3 is 14.6 Å². The SMILES string of the molecule is Cc1cn2cc(NC(=O)[C@@H]3CC(c4ccccc4)=NO3)ccc2n1. The van der Waals surface area contributed by atoms with Gasteiger partial charge >= 0.3 is 0 Å². The van der Waals surface area contributed by atoms with E-state index in [9.17, 15) is 4.79 Å². The Morgan fingerprint density at radius 1 is 1.21 bits per heavy atom. The summed E-state index contributed by atoms with van der Waals surface area (Å²) >= 11 is 0. The maximum Gasteiger partial charge on any atom is 0.268 e. The second-order valence-electron chi connectivity index (χ2n) is 5.76. The second kappa shape index (κ2) is 5.81. The lowest BCUT2D eigenvalue weighted by Gasteiger charge is -2.09. The number of nitrogens with one attached hydrogen (secondary N) is 1. The first-order valence-corrected chi connectivity index (χ1v) is 7.73. The molecule has 1 N–H and O–H groups in total. The van der Waals surface area contributed by atoms with E-state index in [0.717, 1.165) is 22.6 Å². The molecule has 0 saturated carbocycles. The van der Waals surface area contributed by atoms with Crippen LogP contribution in [-0.4, -0.2) is 27.1 Å². The Labute approximate surface area is 138 Å². The van der Waals surface area contributed by atoms with Crippen LogP contribution in [0, 0.1) is 6.92 Å². The van der Waals surface area contributed by atoms with Gasteiger partial charge in [0.2, 0.25) is 6.10 Å². The number of aromatic nitrogens is 2. The van der Waals surface area contributed by atoms with Crippen LogP contribution < -0.4 is 5.32 Å². The molecule has 1 aliphatic heterocycles. The number of oxime groups is 1. The van der Waals surface area contributed by atoms with Gasteiger partial charge in [-0.05, 0) is 24.6 Å². The predicted octanol–water partition coefficient (Wildman–Crippen LogP) is 2.77. The minimum Gasteiger partial charge on any atom is -0.382 e. The van der Waals surface area contributed by atoms with E-state index in [-0.39, 0.29) is 5.91 Å². The average molecular weight is 320 g/mol. The molecule has 4 rings (SSSR count). The molecule has 0 aliphatic carbocycles. The number of pyridine rings is 1. The minimum atomic E-state index is -0.611. The quantitative estimate of drug-likeness (QED) is 0.807. The summed E-state index contributed by atoms with van der Waals surface area (Å²) in [5.74, 6) is -0.208. The Morgan fingerprint density at radius 3 is 2.88 bits per heavy atom. The number of imidazole rings is 1. The van der Waals surface area contributed by atoms with E-state index in [1.54, 1.807) is 0 Å². The summed E-state index contributed by atoms with van der Waals surface area (Å²) in [5.41, 5.74) is 4.23. The van der Waals surface area contributed by atoms with Crippen molar-refractivity contribution in [3.8, 4) is 0 Å². The van der Waals surface area contributed by atoms with Crippen LogP contribution in [0.4, 0.5) is 5.69 Å². The third kappa shape index (κ3) is 2.74. The number of benzene rings is 1. The molecule has 3 aromatic rings. The summed E-state index contributed by atoms with van der Waals surface area (Å²) in [4.78, 5) is 22.1. The number of fused-ring (bicyclic) bond motifs is 1. The van der Waals surface area contributed by atoms with Crippen molar-refractivity contribution in [2.24, 2.45) is 5.16 Å². The first kappa shape index (κ1) is 14.4. The number of aryl methyl sites for hydroxylation is 1. The van der Waals surface area contributed by atoms with Crippen LogP contribution in [-0.2, 0) is 9.63 Å². The van der Waals surface area contributed by atoms with Crippen molar-refractivity contribution in [2.75, 3.05) is 5.32 Å². The fraction of sp³-hybridized carbons (Fsp3) is 0.167. The lowest BCUT2D eigenvalue weighted by atomic mass is 10.0. The summed E-state index contributed by atoms with van der Waals surface area (Å²) in [6, 6.07) is 13.4. The van der Waals surface area contributed by atoms with Gasteiger partial charge in [-0.25, -0.2) is 4.98 Å². The Bertz CT molecular complexity index is 931. The summed E-state index contributed by atoms with van der Waals surface area (Å²) in [6.07, 6.45) is 3.59. The molecule has 24 heavy (non-hydrogen) atoms. The zero-order chi connectivity index (χ0) is 16.5. The highest BCUT2D eigenvalue weighted by Gasteiger charge is 2.28. The Balaban J connectivity index is 1.45. The van der Waals surface area contributed by atoms with Crippen LogP contribution >= 0.6 is 0 Å². The average Bonchev–Trinajstić information content (AvgIpc) is 3.21. The van der Waals surface area contributed by atoms with Crippen LogP contribution in [0.2, 0.25) is 0 Å². The van der Waals surface area contributed by atoms with E-state index in [2.05, 4.69) is 15.5 Å². The molecule has 0 spiro atoms. The zero-order valence-corrected chi connectivity index (χ0v) is 13.1. The van der Waals surface area contributed by atoms with Gasteiger partial charge in [-0.15, -0.1) is 0 Å². The summed E-state index contributed by atoms with van der Waals surface area (Å²) in [7, 11) is 0. The van der Waals surface area contributed by atoms with Crippen molar-refractivity contribution >= 4 is 23.0 Å². The lowest BCUT2D eigenvalue weighted by Crippen LogP contribution is -2.28. The van der Waals surface area contributed by atoms with E-state index < -0.39 is 6.10 Å². The van der Waals surface area contributed by atoms with Crippen molar-refractivity contribution < 1.29 is 9.63 Å². The standard InChI is InChI=1S/C18H16N4O2/c1-12-10-22-11-14(7-8-17(22)19-12)20-18(23)16-9-15(21-24-16)13-5-3-2-4-6-13/h2-8,10-11,16H,9H2,1H3,(H,20,23)/t16-/m0/s1. The van der Waals surface area contributed by atoms with Gasteiger partial charge in [0.1, 0.15) is 5.65 Å². The minimum absolute atomic E-state index is 0.208. The van der Waals surface area contributed by atoms with Gasteiger partial charge in [-0.3, -0.25) is 4.79 Å². The van der Waals surface area contributed by atoms with Crippen molar-refractivity contribution in [2.45, 2.75) is 19.4 Å². The number of nitrogens with zero attached hydrogens (tertiary/aromatic N) is 3. The summed E-state index contributed by atoms with van der Waals surface area (Å²) in [6.45, 7) is 1.93. The fourth-order valence-corrected chi connectivity index (χ4v) is 2.73. The number of rotatable bonds is 3. The highest BCUT2D eigenvalue weighted by Crippen LogP contribution is 2.19. The molecule has 1 atom stereocenters. The van der Waals surface area contributed by atoms with E-state index >= 15 is 0 Å². The van der Waals surface area contributed by atoms with E-state index in [1.807, 2.05) is 66.2 Å². The third-order valence-corrected chi connectivity index (χ3v) is 3.91. The molecule has 1 amide bonds. The first-order chi connectivity index (χ1) is 11.7. The molecular formula is C18H16N4O2. The van der Waals surface area contributed by atoms with Crippen molar-refractivity contribution in [1.29, 1.82) is 0 Å². The van der Waals surface area contributed by atoms with Gasteiger partial charge in [0.15, 0.2) is 0 Å². The molecule has 0 unspecified atom stereocenters. The smallest absolute Gasteiger partial charge is 0.268 e. The predicted molar refractivity (Wildman–Crippen MR) is 91.0 cm³/mol. The molecule has 6 heteroatoms. The summed E-state index contributed by atoms with van der Waals surface area (Å²) in [5, 5.41) is 6.92. The molecule has 1 aliphatic rings. The van der Waals surface area contributed by atoms with Gasteiger partial charge in [-0.1, -0.05) is 35.5 Å². The van der Waals surface area contributed by atoms with E-state index in [4.69, 9.17) is 4.84 Å². The van der Waals surface area contributed by atoms with Gasteiger partial charge in [0.05, 0.1) is 17.1 Å². The van der Waals surface area contributed by atoms with E-state index in [0.29, 0.717) is 12.1 Å². The van der Waals surface area contributed by atoms with Crippen LogP contribution in [0.1, 0.15) is 17.7 Å². The molecule has 0 saturated heterocycles. The molecular weight excluding hydrogens is 304 g/mol. The molecule has 2 aromatic heterocycles. The number of anilines is 1. The molecule has 0 fully saturated rings. The Morgan fingerprint density at radius 2 is 2.04 bits per heavy atom. The van der Waals surface area contributed by atoms with Crippen molar-refractivity contribution in [3.63, 3.8) is 0 Å². The molecule has 1 aromatic carbocycles. The van der Waals surface area contributed by atoms with Gasteiger partial charge in [-0.2, -0.15) is 0 Å². The Hall–Kier alpha value is -3.15. The van der Waals surface area contributed by atoms with Crippen molar-refractivity contribution in [1.82, 2.24) is 9.38 Å².